The second-order valence-corrected chi connectivity index (χ2v) is 7.13. The van der Waals surface area contributed by atoms with Crippen molar-refractivity contribution in [3.05, 3.63) is 52.0 Å². The maximum atomic E-state index is 6.07. The Morgan fingerprint density at radius 1 is 1.25 bits per heavy atom. The quantitative estimate of drug-likeness (QED) is 0.822. The van der Waals surface area contributed by atoms with Crippen molar-refractivity contribution in [1.29, 1.82) is 0 Å². The summed E-state index contributed by atoms with van der Waals surface area (Å²) < 4.78 is 0. The monoisotopic (exact) mass is 308 g/mol. The molecule has 1 N–H and O–H groups in total. The second-order valence-electron chi connectivity index (χ2n) is 5.87. The molecule has 2 nitrogen and oxygen atoms in total. The van der Waals surface area contributed by atoms with Crippen LogP contribution in [-0.2, 0) is 12.0 Å². The molecule has 1 atom stereocenters. The van der Waals surface area contributed by atoms with Gasteiger partial charge in [0.25, 0.3) is 0 Å². The van der Waals surface area contributed by atoms with Crippen LogP contribution >= 0.6 is 22.9 Å². The molecular weight excluding hydrogens is 288 g/mol. The van der Waals surface area contributed by atoms with Gasteiger partial charge in [0.2, 0.25) is 0 Å². The maximum Gasteiger partial charge on any atom is 0.107 e. The molecule has 0 amide bonds. The first kappa shape index (κ1) is 15.5. The van der Waals surface area contributed by atoms with E-state index in [2.05, 4.69) is 43.6 Å². The highest BCUT2D eigenvalue weighted by Crippen LogP contribution is 2.24. The van der Waals surface area contributed by atoms with E-state index in [4.69, 9.17) is 16.6 Å². The smallest absolute Gasteiger partial charge is 0.107 e. The first-order chi connectivity index (χ1) is 9.50. The minimum atomic E-state index is 0.111. The van der Waals surface area contributed by atoms with E-state index in [0.717, 1.165) is 17.2 Å². The van der Waals surface area contributed by atoms with E-state index in [1.54, 1.807) is 11.3 Å². The van der Waals surface area contributed by atoms with Crippen LogP contribution in [0.4, 0.5) is 0 Å². The van der Waals surface area contributed by atoms with Crippen LogP contribution in [0.3, 0.4) is 0 Å². The standard InChI is InChI=1S/C16H21ClN2S/c1-16(2,3)14-11-20-15(19-14)10-18-13(9-17)12-7-5-4-6-8-12/h4-8,11,13,18H,9-10H2,1-3H3. The summed E-state index contributed by atoms with van der Waals surface area (Å²) in [6.45, 7) is 7.31. The molecule has 0 bridgehead atoms. The topological polar surface area (TPSA) is 24.9 Å². The van der Waals surface area contributed by atoms with E-state index in [1.165, 1.54) is 5.56 Å². The van der Waals surface area contributed by atoms with Gasteiger partial charge in [0.05, 0.1) is 5.69 Å². The Balaban J connectivity index is 1.99. The largest absolute Gasteiger partial charge is 0.302 e. The maximum absolute atomic E-state index is 6.07. The number of nitrogens with zero attached hydrogens (tertiary/aromatic N) is 1. The first-order valence-electron chi connectivity index (χ1n) is 6.80. The van der Waals surface area contributed by atoms with Gasteiger partial charge in [-0.2, -0.15) is 0 Å². The molecule has 2 aromatic rings. The number of thiazole rings is 1. The van der Waals surface area contributed by atoms with Crippen LogP contribution in [0.5, 0.6) is 0 Å². The Morgan fingerprint density at radius 3 is 2.50 bits per heavy atom. The van der Waals surface area contributed by atoms with Crippen molar-refractivity contribution in [3.8, 4) is 0 Å². The molecule has 4 heteroatoms. The third-order valence-corrected chi connectivity index (χ3v) is 4.33. The number of rotatable bonds is 5. The number of aromatic nitrogens is 1. The molecule has 0 saturated carbocycles. The van der Waals surface area contributed by atoms with Crippen LogP contribution in [0.2, 0.25) is 0 Å². The number of nitrogens with one attached hydrogen (secondary N) is 1. The van der Waals surface area contributed by atoms with Crippen molar-refractivity contribution < 1.29 is 0 Å². The van der Waals surface area contributed by atoms with Crippen LogP contribution in [0, 0.1) is 0 Å². The molecule has 1 aromatic carbocycles. The van der Waals surface area contributed by atoms with Gasteiger partial charge in [0, 0.05) is 29.3 Å². The third-order valence-electron chi connectivity index (χ3n) is 3.18. The van der Waals surface area contributed by atoms with Gasteiger partial charge in [-0.05, 0) is 5.56 Å². The summed E-state index contributed by atoms with van der Waals surface area (Å²) in [5, 5.41) is 6.74. The normalized spacial score (nSPS) is 13.4. The van der Waals surface area contributed by atoms with Crippen molar-refractivity contribution in [3.63, 3.8) is 0 Å². The fourth-order valence-electron chi connectivity index (χ4n) is 1.89. The van der Waals surface area contributed by atoms with Crippen LogP contribution < -0.4 is 5.32 Å². The minimum Gasteiger partial charge on any atom is -0.302 e. The number of halogens is 1. The molecule has 0 saturated heterocycles. The van der Waals surface area contributed by atoms with Gasteiger partial charge in [-0.1, -0.05) is 51.1 Å². The summed E-state index contributed by atoms with van der Waals surface area (Å²) in [4.78, 5) is 4.69. The predicted octanol–water partition coefficient (Wildman–Crippen LogP) is 4.51. The van der Waals surface area contributed by atoms with Gasteiger partial charge >= 0.3 is 0 Å². The molecular formula is C16H21ClN2S. The molecule has 2 rings (SSSR count). The van der Waals surface area contributed by atoms with Crippen LogP contribution in [0.25, 0.3) is 0 Å². The molecule has 0 aliphatic carbocycles. The van der Waals surface area contributed by atoms with Crippen molar-refractivity contribution >= 4 is 22.9 Å². The summed E-state index contributed by atoms with van der Waals surface area (Å²) in [6, 6.07) is 10.5. The Labute approximate surface area is 130 Å². The lowest BCUT2D eigenvalue weighted by Crippen LogP contribution is -2.22. The fourth-order valence-corrected chi connectivity index (χ4v) is 3.15. The van der Waals surface area contributed by atoms with Crippen LogP contribution in [0.15, 0.2) is 35.7 Å². The average Bonchev–Trinajstić information content (AvgIpc) is 2.89. The Morgan fingerprint density at radius 2 is 1.95 bits per heavy atom. The lowest BCUT2D eigenvalue weighted by Gasteiger charge is -2.16. The minimum absolute atomic E-state index is 0.111. The molecule has 0 spiro atoms. The average molecular weight is 309 g/mol. The SMILES string of the molecule is CC(C)(C)c1csc(CNC(CCl)c2ccccc2)n1. The molecule has 1 unspecified atom stereocenters. The lowest BCUT2D eigenvalue weighted by molar-refractivity contribution is 0.556. The van der Waals surface area contributed by atoms with Gasteiger partial charge in [0.15, 0.2) is 0 Å². The van der Waals surface area contributed by atoms with Gasteiger partial charge < -0.3 is 5.32 Å². The predicted molar refractivity (Wildman–Crippen MR) is 87.6 cm³/mol. The Bertz CT molecular complexity index is 531. The van der Waals surface area contributed by atoms with Crippen molar-refractivity contribution in [2.45, 2.75) is 38.8 Å². The molecule has 0 fully saturated rings. The highest BCUT2D eigenvalue weighted by atomic mass is 35.5. The molecule has 108 valence electrons. The van der Waals surface area contributed by atoms with E-state index in [0.29, 0.717) is 5.88 Å². The zero-order valence-corrected chi connectivity index (χ0v) is 13.8. The summed E-state index contributed by atoms with van der Waals surface area (Å²) >= 11 is 7.77. The zero-order valence-electron chi connectivity index (χ0n) is 12.2. The van der Waals surface area contributed by atoms with Crippen molar-refractivity contribution in [2.24, 2.45) is 0 Å². The second kappa shape index (κ2) is 6.70. The molecule has 20 heavy (non-hydrogen) atoms. The number of alkyl halides is 1. The molecule has 0 aliphatic rings. The third kappa shape index (κ3) is 4.05. The van der Waals surface area contributed by atoms with Crippen molar-refractivity contribution in [2.75, 3.05) is 5.88 Å². The molecule has 0 radical (unpaired) electrons. The van der Waals surface area contributed by atoms with E-state index >= 15 is 0 Å². The van der Waals surface area contributed by atoms with Gasteiger partial charge in [0.1, 0.15) is 5.01 Å². The summed E-state index contributed by atoms with van der Waals surface area (Å²) in [7, 11) is 0. The fraction of sp³-hybridized carbons (Fsp3) is 0.438. The highest BCUT2D eigenvalue weighted by molar-refractivity contribution is 7.09. The molecule has 1 aromatic heterocycles. The number of benzene rings is 1. The number of hydrogen-bond donors (Lipinski definition) is 1. The van der Waals surface area contributed by atoms with Gasteiger partial charge in [-0.3, -0.25) is 0 Å². The molecule has 1 heterocycles. The summed E-state index contributed by atoms with van der Waals surface area (Å²) in [6.07, 6.45) is 0. The lowest BCUT2D eigenvalue weighted by atomic mass is 9.93. The zero-order chi connectivity index (χ0) is 14.6. The Kier molecular flexibility index (Phi) is 5.19. The highest BCUT2D eigenvalue weighted by Gasteiger charge is 2.17. The number of hydrogen-bond acceptors (Lipinski definition) is 3. The summed E-state index contributed by atoms with van der Waals surface area (Å²) in [5.74, 6) is 0.557. The summed E-state index contributed by atoms with van der Waals surface area (Å²) in [5.41, 5.74) is 2.48. The van der Waals surface area contributed by atoms with E-state index in [-0.39, 0.29) is 11.5 Å². The van der Waals surface area contributed by atoms with E-state index < -0.39 is 0 Å². The van der Waals surface area contributed by atoms with E-state index in [1.807, 2.05) is 18.2 Å². The van der Waals surface area contributed by atoms with Gasteiger partial charge in [-0.15, -0.1) is 22.9 Å². The van der Waals surface area contributed by atoms with Gasteiger partial charge in [-0.25, -0.2) is 4.98 Å². The van der Waals surface area contributed by atoms with Crippen molar-refractivity contribution in [1.82, 2.24) is 10.3 Å². The Hall–Kier alpha value is -0.900. The van der Waals surface area contributed by atoms with E-state index in [9.17, 15) is 0 Å². The molecule has 0 aliphatic heterocycles. The first-order valence-corrected chi connectivity index (χ1v) is 8.21. The van der Waals surface area contributed by atoms with Crippen LogP contribution in [0.1, 0.15) is 43.1 Å². The van der Waals surface area contributed by atoms with Crippen LogP contribution in [-0.4, -0.2) is 10.9 Å².